The molecule has 0 spiro atoms. The lowest BCUT2D eigenvalue weighted by Crippen LogP contribution is -1.49. The van der Waals surface area contributed by atoms with E-state index in [1.165, 1.54) is 5.75 Å². The smallest absolute Gasteiger partial charge is 0.0563 e. The van der Waals surface area contributed by atoms with Crippen molar-refractivity contribution in [1.82, 2.24) is 0 Å². The van der Waals surface area contributed by atoms with Crippen LogP contribution in [0, 0.1) is 0 Å². The minimum absolute atomic E-state index is 0.694. The Bertz CT molecular complexity index is 23.2. The van der Waals surface area contributed by atoms with Crippen molar-refractivity contribution in [2.45, 2.75) is 4.58 Å². The molecule has 0 saturated carbocycles. The molecule has 0 bridgehead atoms. The molecule has 4 heavy (non-hydrogen) atoms. The van der Waals surface area contributed by atoms with E-state index in [4.69, 9.17) is 0 Å². The Balaban J connectivity index is 2.17. The van der Waals surface area contributed by atoms with Crippen LogP contribution in [-0.2, 0) is 0 Å². The van der Waals surface area contributed by atoms with Crippen LogP contribution in [0.2, 0.25) is 0 Å². The van der Waals surface area contributed by atoms with Crippen molar-refractivity contribution < 1.29 is 0 Å². The van der Waals surface area contributed by atoms with Gasteiger partial charge in [0.2, 0.25) is 0 Å². The van der Waals surface area contributed by atoms with E-state index in [-0.39, 0.29) is 0 Å². The molecule has 1 rings (SSSR count). The maximum atomic E-state index is 4.04. The third kappa shape index (κ3) is 0.570. The number of thiol groups is 1. The van der Waals surface area contributed by atoms with Gasteiger partial charge in [-0.05, 0) is 0 Å². The van der Waals surface area contributed by atoms with Crippen molar-refractivity contribution in [2.24, 2.45) is 0 Å². The van der Waals surface area contributed by atoms with E-state index >= 15 is 0 Å². The van der Waals surface area contributed by atoms with Crippen molar-refractivity contribution in [3.8, 4) is 0 Å². The molecule has 1 aliphatic rings. The van der Waals surface area contributed by atoms with Crippen molar-refractivity contribution in [1.29, 1.82) is 0 Å². The quantitative estimate of drug-likeness (QED) is 0.343. The second-order valence-corrected chi connectivity index (χ2v) is 3.00. The first kappa shape index (κ1) is 2.91. The van der Waals surface area contributed by atoms with Gasteiger partial charge in [-0.1, -0.05) is 0 Å². The second-order valence-electron chi connectivity index (χ2n) is 0.788. The van der Waals surface area contributed by atoms with Gasteiger partial charge in [0.25, 0.3) is 0 Å². The zero-order valence-electron chi connectivity index (χ0n) is 2.14. The van der Waals surface area contributed by atoms with Gasteiger partial charge in [-0.2, -0.15) is 12.6 Å². The van der Waals surface area contributed by atoms with Crippen LogP contribution in [0.1, 0.15) is 0 Å². The van der Waals surface area contributed by atoms with Gasteiger partial charge in [0.1, 0.15) is 0 Å². The molecule has 1 aliphatic heterocycles. The lowest BCUT2D eigenvalue weighted by atomic mass is 11.0. The molecule has 1 heterocycles. The van der Waals surface area contributed by atoms with Gasteiger partial charge in [0.15, 0.2) is 0 Å². The van der Waals surface area contributed by atoms with Crippen LogP contribution in [0.4, 0.5) is 0 Å². The lowest BCUT2D eigenvalue weighted by molar-refractivity contribution is 1.65. The molecule has 0 amide bonds. The van der Waals surface area contributed by atoms with Crippen LogP contribution < -0.4 is 0 Å². The largest absolute Gasteiger partial charge is 0.164 e. The highest BCUT2D eigenvalue weighted by Crippen LogP contribution is 2.32. The van der Waals surface area contributed by atoms with E-state index < -0.39 is 0 Å². The minimum atomic E-state index is 0.694. The van der Waals surface area contributed by atoms with E-state index in [1.807, 2.05) is 11.8 Å². The van der Waals surface area contributed by atoms with Gasteiger partial charge in [-0.15, -0.1) is 11.8 Å². The molecule has 1 fully saturated rings. The summed E-state index contributed by atoms with van der Waals surface area (Å²) in [7, 11) is 0. The molecule has 24 valence electrons. The first-order valence-electron chi connectivity index (χ1n) is 1.19. The molecule has 0 aliphatic carbocycles. The highest BCUT2D eigenvalue weighted by molar-refractivity contribution is 8.17. The molecule has 0 N–H and O–H groups in total. The maximum absolute atomic E-state index is 4.04. The monoisotopic (exact) mass is 92.0 g/mol. The Morgan fingerprint density at radius 1 is 2.00 bits per heavy atom. The standard InChI is InChI=1S/C2H4S2/c3-2-1-4-2/h2-3H,1H2/t2-/m1/s1. The normalized spacial score (nSPS) is 39.8. The average molecular weight is 92.2 g/mol. The molecule has 0 radical (unpaired) electrons. The van der Waals surface area contributed by atoms with Gasteiger partial charge >= 0.3 is 0 Å². The molecule has 0 aromatic rings. The van der Waals surface area contributed by atoms with E-state index in [0.29, 0.717) is 4.58 Å². The Labute approximate surface area is 35.4 Å². The molecular formula is C2H4S2. The SMILES string of the molecule is S[C@H]1CS1. The van der Waals surface area contributed by atoms with E-state index in [2.05, 4.69) is 12.6 Å². The maximum Gasteiger partial charge on any atom is 0.0563 e. The molecular weight excluding hydrogens is 88.2 g/mol. The summed E-state index contributed by atoms with van der Waals surface area (Å²) in [6, 6.07) is 0. The number of hydrogen-bond acceptors (Lipinski definition) is 2. The van der Waals surface area contributed by atoms with Crippen molar-refractivity contribution in [3.63, 3.8) is 0 Å². The summed E-state index contributed by atoms with van der Waals surface area (Å²) in [5.74, 6) is 1.27. The summed E-state index contributed by atoms with van der Waals surface area (Å²) in [5.41, 5.74) is 0. The fraction of sp³-hybridized carbons (Fsp3) is 1.00. The first-order valence-corrected chi connectivity index (χ1v) is 2.76. The zero-order valence-corrected chi connectivity index (χ0v) is 3.85. The number of rotatable bonds is 0. The molecule has 2 heteroatoms. The third-order valence-corrected chi connectivity index (χ3v) is 1.84. The van der Waals surface area contributed by atoms with Crippen LogP contribution in [0.3, 0.4) is 0 Å². The fourth-order valence-electron chi connectivity index (χ4n) is 0.0430. The summed E-state index contributed by atoms with van der Waals surface area (Å²) in [4.78, 5) is 0. The van der Waals surface area contributed by atoms with Gasteiger partial charge in [-0.25, -0.2) is 0 Å². The molecule has 0 nitrogen and oxygen atoms in total. The van der Waals surface area contributed by atoms with Crippen LogP contribution in [0.25, 0.3) is 0 Å². The lowest BCUT2D eigenvalue weighted by Gasteiger charge is -1.51. The Morgan fingerprint density at radius 2 is 2.25 bits per heavy atom. The molecule has 1 atom stereocenters. The number of hydrogen-bond donors (Lipinski definition) is 1. The molecule has 0 unspecified atom stereocenters. The predicted octanol–water partition coefficient (Wildman–Crippen LogP) is 0.989. The van der Waals surface area contributed by atoms with Gasteiger partial charge < -0.3 is 0 Å². The van der Waals surface area contributed by atoms with Crippen molar-refractivity contribution in [3.05, 3.63) is 0 Å². The third-order valence-electron chi connectivity index (χ3n) is 0.316. The summed E-state index contributed by atoms with van der Waals surface area (Å²) in [6.07, 6.45) is 0. The van der Waals surface area contributed by atoms with Crippen LogP contribution in [-0.4, -0.2) is 10.3 Å². The average Bonchev–Trinajstić information content (AvgIpc) is 1.75. The Morgan fingerprint density at radius 3 is 2.25 bits per heavy atom. The summed E-state index contributed by atoms with van der Waals surface area (Å²) < 4.78 is 0.694. The van der Waals surface area contributed by atoms with Crippen molar-refractivity contribution >= 4 is 24.4 Å². The van der Waals surface area contributed by atoms with E-state index in [9.17, 15) is 0 Å². The van der Waals surface area contributed by atoms with Gasteiger partial charge in [-0.3, -0.25) is 0 Å². The summed E-state index contributed by atoms with van der Waals surface area (Å²) >= 11 is 5.93. The second kappa shape index (κ2) is 0.830. The van der Waals surface area contributed by atoms with Crippen LogP contribution >= 0.6 is 24.4 Å². The highest BCUT2D eigenvalue weighted by Gasteiger charge is 2.15. The van der Waals surface area contributed by atoms with E-state index in [1.54, 1.807) is 0 Å². The molecule has 1 saturated heterocycles. The zero-order chi connectivity index (χ0) is 2.99. The van der Waals surface area contributed by atoms with Crippen molar-refractivity contribution in [2.75, 3.05) is 5.75 Å². The Hall–Kier alpha value is 0.700. The summed E-state index contributed by atoms with van der Waals surface area (Å²) in [5, 5.41) is 0. The van der Waals surface area contributed by atoms with Gasteiger partial charge in [0.05, 0.1) is 4.58 Å². The first-order chi connectivity index (χ1) is 1.89. The topological polar surface area (TPSA) is 0 Å². The fourth-order valence-corrected chi connectivity index (χ4v) is 0.387. The van der Waals surface area contributed by atoms with Crippen LogP contribution in [0.5, 0.6) is 0 Å². The molecule has 0 aromatic carbocycles. The van der Waals surface area contributed by atoms with Crippen LogP contribution in [0.15, 0.2) is 0 Å². The predicted molar refractivity (Wildman–Crippen MR) is 25.2 cm³/mol. The molecule has 0 aromatic heterocycles. The van der Waals surface area contributed by atoms with E-state index in [0.717, 1.165) is 0 Å². The Kier molecular flexibility index (Phi) is 0.605. The summed E-state index contributed by atoms with van der Waals surface area (Å²) in [6.45, 7) is 0. The van der Waals surface area contributed by atoms with Gasteiger partial charge in [0, 0.05) is 5.75 Å². The highest BCUT2D eigenvalue weighted by atomic mass is 32.2. The number of thioether (sulfide) groups is 1. The minimum Gasteiger partial charge on any atom is -0.164 e.